The van der Waals surface area contributed by atoms with Gasteiger partial charge in [0.15, 0.2) is 0 Å². The molecule has 0 saturated heterocycles. The predicted molar refractivity (Wildman–Crippen MR) is 97.3 cm³/mol. The molecule has 0 bridgehead atoms. The molecule has 0 amide bonds. The van der Waals surface area contributed by atoms with E-state index in [1.54, 1.807) is 19.1 Å². The smallest absolute Gasteiger partial charge is 0.134 e. The SMILES string of the molecule is C=C(C)c1c(F)cccc1OCc1ccccc1-c1ccccc1. The van der Waals surface area contributed by atoms with Crippen LogP contribution in [0.25, 0.3) is 16.7 Å². The van der Waals surface area contributed by atoms with Crippen molar-refractivity contribution in [3.8, 4) is 16.9 Å². The third kappa shape index (κ3) is 3.38. The van der Waals surface area contributed by atoms with Crippen LogP contribution in [0.2, 0.25) is 0 Å². The van der Waals surface area contributed by atoms with Crippen LogP contribution < -0.4 is 4.74 Å². The zero-order chi connectivity index (χ0) is 16.9. The van der Waals surface area contributed by atoms with Gasteiger partial charge < -0.3 is 4.74 Å². The highest BCUT2D eigenvalue weighted by Crippen LogP contribution is 2.30. The number of hydrogen-bond donors (Lipinski definition) is 0. The molecule has 24 heavy (non-hydrogen) atoms. The van der Waals surface area contributed by atoms with Crippen LogP contribution in [0.1, 0.15) is 18.1 Å². The van der Waals surface area contributed by atoms with Crippen LogP contribution in [0.15, 0.2) is 79.4 Å². The molecule has 0 unspecified atom stereocenters. The van der Waals surface area contributed by atoms with E-state index in [0.29, 0.717) is 23.5 Å². The van der Waals surface area contributed by atoms with Crippen molar-refractivity contribution in [3.05, 3.63) is 96.3 Å². The zero-order valence-corrected chi connectivity index (χ0v) is 13.6. The van der Waals surface area contributed by atoms with Gasteiger partial charge in [-0.05, 0) is 41.3 Å². The first-order valence-electron chi connectivity index (χ1n) is 7.87. The van der Waals surface area contributed by atoms with Gasteiger partial charge in [-0.15, -0.1) is 0 Å². The summed E-state index contributed by atoms with van der Waals surface area (Å²) >= 11 is 0. The Labute approximate surface area is 142 Å². The summed E-state index contributed by atoms with van der Waals surface area (Å²) in [5.41, 5.74) is 4.40. The molecule has 120 valence electrons. The zero-order valence-electron chi connectivity index (χ0n) is 13.6. The van der Waals surface area contributed by atoms with Gasteiger partial charge in [-0.25, -0.2) is 4.39 Å². The summed E-state index contributed by atoms with van der Waals surface area (Å²) in [5.74, 6) is 0.210. The Morgan fingerprint density at radius 3 is 2.38 bits per heavy atom. The van der Waals surface area contributed by atoms with E-state index in [1.165, 1.54) is 6.07 Å². The molecule has 2 heteroatoms. The predicted octanol–water partition coefficient (Wildman–Crippen LogP) is 6.10. The van der Waals surface area contributed by atoms with Gasteiger partial charge in [-0.3, -0.25) is 0 Å². The highest BCUT2D eigenvalue weighted by molar-refractivity contribution is 5.68. The minimum absolute atomic E-state index is 0.309. The van der Waals surface area contributed by atoms with Crippen molar-refractivity contribution >= 4 is 5.57 Å². The van der Waals surface area contributed by atoms with Gasteiger partial charge in [-0.2, -0.15) is 0 Å². The average Bonchev–Trinajstić information content (AvgIpc) is 2.60. The molecule has 0 fully saturated rings. The summed E-state index contributed by atoms with van der Waals surface area (Å²) < 4.78 is 20.0. The van der Waals surface area contributed by atoms with Crippen LogP contribution in [-0.2, 0) is 6.61 Å². The lowest BCUT2D eigenvalue weighted by Crippen LogP contribution is -2.01. The van der Waals surface area contributed by atoms with Crippen molar-refractivity contribution in [2.45, 2.75) is 13.5 Å². The number of benzene rings is 3. The fourth-order valence-corrected chi connectivity index (χ4v) is 2.74. The van der Waals surface area contributed by atoms with Crippen molar-refractivity contribution < 1.29 is 9.13 Å². The lowest BCUT2D eigenvalue weighted by molar-refractivity contribution is 0.304. The second kappa shape index (κ2) is 7.14. The van der Waals surface area contributed by atoms with E-state index < -0.39 is 0 Å². The van der Waals surface area contributed by atoms with E-state index in [0.717, 1.165) is 16.7 Å². The standard InChI is InChI=1S/C22H19FO/c1-16(2)22-20(23)13-8-14-21(22)24-15-18-11-6-7-12-19(18)17-9-4-3-5-10-17/h3-14H,1,15H2,2H3. The van der Waals surface area contributed by atoms with Crippen LogP contribution in [0, 0.1) is 5.82 Å². The molecule has 0 spiro atoms. The Hall–Kier alpha value is -2.87. The number of hydrogen-bond acceptors (Lipinski definition) is 1. The molecule has 3 aromatic carbocycles. The highest BCUT2D eigenvalue weighted by atomic mass is 19.1. The molecule has 0 saturated carbocycles. The normalized spacial score (nSPS) is 10.4. The minimum atomic E-state index is -0.309. The van der Waals surface area contributed by atoms with E-state index in [9.17, 15) is 4.39 Å². The van der Waals surface area contributed by atoms with Gasteiger partial charge in [0.25, 0.3) is 0 Å². The first-order chi connectivity index (χ1) is 11.7. The maximum Gasteiger partial charge on any atom is 0.134 e. The summed E-state index contributed by atoms with van der Waals surface area (Å²) in [6.07, 6.45) is 0. The summed E-state index contributed by atoms with van der Waals surface area (Å²) in [4.78, 5) is 0. The van der Waals surface area contributed by atoms with Crippen molar-refractivity contribution in [1.29, 1.82) is 0 Å². The first kappa shape index (κ1) is 16.0. The number of rotatable bonds is 5. The first-order valence-corrected chi connectivity index (χ1v) is 7.87. The van der Waals surface area contributed by atoms with Crippen molar-refractivity contribution in [1.82, 2.24) is 0 Å². The lowest BCUT2D eigenvalue weighted by atomic mass is 10.0. The van der Waals surface area contributed by atoms with E-state index >= 15 is 0 Å². The third-order valence-corrected chi connectivity index (χ3v) is 3.89. The quantitative estimate of drug-likeness (QED) is 0.552. The molecule has 0 aliphatic rings. The summed E-state index contributed by atoms with van der Waals surface area (Å²) in [6.45, 7) is 6.00. The topological polar surface area (TPSA) is 9.23 Å². The van der Waals surface area contributed by atoms with Crippen LogP contribution in [0.5, 0.6) is 5.75 Å². The molecule has 0 radical (unpaired) electrons. The van der Waals surface area contributed by atoms with Gasteiger partial charge in [-0.1, -0.05) is 67.2 Å². The molecule has 1 nitrogen and oxygen atoms in total. The largest absolute Gasteiger partial charge is 0.488 e. The second-order valence-corrected chi connectivity index (χ2v) is 5.71. The Morgan fingerprint density at radius 1 is 0.917 bits per heavy atom. The van der Waals surface area contributed by atoms with Crippen molar-refractivity contribution in [2.24, 2.45) is 0 Å². The van der Waals surface area contributed by atoms with E-state index in [1.807, 2.05) is 36.4 Å². The van der Waals surface area contributed by atoms with Crippen LogP contribution in [0.4, 0.5) is 4.39 Å². The molecule has 0 aliphatic carbocycles. The Bertz CT molecular complexity index is 853. The van der Waals surface area contributed by atoms with Gasteiger partial charge in [0.05, 0.1) is 5.56 Å². The summed E-state index contributed by atoms with van der Waals surface area (Å²) in [6, 6.07) is 23.1. The van der Waals surface area contributed by atoms with Crippen molar-refractivity contribution in [2.75, 3.05) is 0 Å². The molecule has 0 aliphatic heterocycles. The Balaban J connectivity index is 1.89. The van der Waals surface area contributed by atoms with Gasteiger partial charge >= 0.3 is 0 Å². The van der Waals surface area contributed by atoms with Gasteiger partial charge in [0.2, 0.25) is 0 Å². The van der Waals surface area contributed by atoms with Gasteiger partial charge in [0.1, 0.15) is 18.2 Å². The lowest BCUT2D eigenvalue weighted by Gasteiger charge is -2.14. The molecule has 3 rings (SSSR count). The van der Waals surface area contributed by atoms with Gasteiger partial charge in [0, 0.05) is 0 Å². The fourth-order valence-electron chi connectivity index (χ4n) is 2.74. The Morgan fingerprint density at radius 2 is 1.62 bits per heavy atom. The third-order valence-electron chi connectivity index (χ3n) is 3.89. The fraction of sp³-hybridized carbons (Fsp3) is 0.0909. The maximum absolute atomic E-state index is 14.0. The van der Waals surface area contributed by atoms with Crippen molar-refractivity contribution in [3.63, 3.8) is 0 Å². The maximum atomic E-state index is 14.0. The summed E-state index contributed by atoms with van der Waals surface area (Å²) in [5, 5.41) is 0. The summed E-state index contributed by atoms with van der Waals surface area (Å²) in [7, 11) is 0. The molecule has 3 aromatic rings. The Kier molecular flexibility index (Phi) is 4.76. The number of allylic oxidation sites excluding steroid dienone is 1. The number of halogens is 1. The molecular formula is C22H19FO. The van der Waals surface area contributed by atoms with E-state index in [2.05, 4.69) is 24.8 Å². The monoisotopic (exact) mass is 318 g/mol. The van der Waals surface area contributed by atoms with E-state index in [4.69, 9.17) is 4.74 Å². The molecule has 0 heterocycles. The number of ether oxygens (including phenoxy) is 1. The highest BCUT2D eigenvalue weighted by Gasteiger charge is 2.11. The second-order valence-electron chi connectivity index (χ2n) is 5.71. The average molecular weight is 318 g/mol. The molecule has 0 N–H and O–H groups in total. The van der Waals surface area contributed by atoms with Crippen LogP contribution >= 0.6 is 0 Å². The molecular weight excluding hydrogens is 299 g/mol. The molecule has 0 atom stereocenters. The van der Waals surface area contributed by atoms with Crippen LogP contribution in [-0.4, -0.2) is 0 Å². The van der Waals surface area contributed by atoms with E-state index in [-0.39, 0.29) is 5.82 Å². The minimum Gasteiger partial charge on any atom is -0.488 e. The van der Waals surface area contributed by atoms with Crippen LogP contribution in [0.3, 0.4) is 0 Å². The molecule has 0 aromatic heterocycles.